The Bertz CT molecular complexity index is 848. The molecule has 3 rings (SSSR count). The Labute approximate surface area is 161 Å². The van der Waals surface area contributed by atoms with E-state index in [1.165, 1.54) is 0 Å². The molecular weight excluding hydrogens is 362 g/mol. The molecule has 6 nitrogen and oxygen atoms in total. The average molecular weight is 390 g/mol. The summed E-state index contributed by atoms with van der Waals surface area (Å²) in [5.41, 5.74) is 1.63. The molecule has 27 heavy (non-hydrogen) atoms. The normalized spacial score (nSPS) is 16.2. The van der Waals surface area contributed by atoms with Gasteiger partial charge in [0.1, 0.15) is 5.75 Å². The maximum atomic E-state index is 12.7. The van der Waals surface area contributed by atoms with Crippen molar-refractivity contribution < 1.29 is 13.2 Å². The maximum Gasteiger partial charge on any atom is 0.240 e. The number of benzene rings is 2. The molecule has 0 aromatic heterocycles. The highest BCUT2D eigenvalue weighted by atomic mass is 32.2. The van der Waals surface area contributed by atoms with Crippen molar-refractivity contribution in [2.75, 3.05) is 32.6 Å². The van der Waals surface area contributed by atoms with Crippen LogP contribution < -0.4 is 14.8 Å². The van der Waals surface area contributed by atoms with Crippen molar-refractivity contribution >= 4 is 15.7 Å². The quantitative estimate of drug-likeness (QED) is 0.762. The number of rotatable bonds is 7. The van der Waals surface area contributed by atoms with Crippen LogP contribution in [-0.2, 0) is 16.6 Å². The standard InChI is InChI=1S/C20H27N3O3S/c1-23-12-10-17(11-13-23)22-19-14-18(8-9-20(19)26-2)27(24,25)21-15-16-6-4-3-5-7-16/h3-9,14,17,21-22H,10-13,15H2,1-2H3. The summed E-state index contributed by atoms with van der Waals surface area (Å²) in [4.78, 5) is 2.53. The molecule has 0 spiro atoms. The van der Waals surface area contributed by atoms with Gasteiger partial charge >= 0.3 is 0 Å². The fourth-order valence-corrected chi connectivity index (χ4v) is 4.24. The Balaban J connectivity index is 1.75. The molecular formula is C20H27N3O3S. The Kier molecular flexibility index (Phi) is 6.36. The zero-order valence-electron chi connectivity index (χ0n) is 15.8. The Hall–Kier alpha value is -2.09. The minimum atomic E-state index is -3.61. The van der Waals surface area contributed by atoms with Gasteiger partial charge in [-0.15, -0.1) is 0 Å². The molecule has 2 aromatic carbocycles. The first kappa shape index (κ1) is 19.7. The van der Waals surface area contributed by atoms with Gasteiger partial charge in [0.15, 0.2) is 0 Å². The SMILES string of the molecule is COc1ccc(S(=O)(=O)NCc2ccccc2)cc1NC1CCN(C)CC1. The van der Waals surface area contributed by atoms with Crippen molar-refractivity contribution in [2.24, 2.45) is 0 Å². The van der Waals surface area contributed by atoms with E-state index in [0.29, 0.717) is 11.8 Å². The van der Waals surface area contributed by atoms with Crippen LogP contribution >= 0.6 is 0 Å². The molecule has 0 unspecified atom stereocenters. The first-order valence-electron chi connectivity index (χ1n) is 9.14. The number of nitrogens with one attached hydrogen (secondary N) is 2. The predicted octanol–water partition coefficient (Wildman–Crippen LogP) is 2.68. The highest BCUT2D eigenvalue weighted by Gasteiger charge is 2.20. The zero-order valence-corrected chi connectivity index (χ0v) is 16.6. The third-order valence-electron chi connectivity index (χ3n) is 4.87. The molecule has 2 aromatic rings. The minimum Gasteiger partial charge on any atom is -0.495 e. The lowest BCUT2D eigenvalue weighted by Crippen LogP contribution is -2.36. The molecule has 146 valence electrons. The first-order chi connectivity index (χ1) is 13.0. The summed E-state index contributed by atoms with van der Waals surface area (Å²) in [5.74, 6) is 0.649. The predicted molar refractivity (Wildman–Crippen MR) is 108 cm³/mol. The van der Waals surface area contributed by atoms with E-state index in [4.69, 9.17) is 4.74 Å². The molecule has 1 fully saturated rings. The lowest BCUT2D eigenvalue weighted by molar-refractivity contribution is 0.263. The van der Waals surface area contributed by atoms with E-state index in [-0.39, 0.29) is 11.4 Å². The molecule has 0 bridgehead atoms. The van der Waals surface area contributed by atoms with E-state index in [1.807, 2.05) is 30.3 Å². The number of sulfonamides is 1. The van der Waals surface area contributed by atoms with Crippen molar-refractivity contribution in [1.82, 2.24) is 9.62 Å². The van der Waals surface area contributed by atoms with E-state index in [0.717, 1.165) is 37.2 Å². The Morgan fingerprint density at radius 3 is 2.48 bits per heavy atom. The van der Waals surface area contributed by atoms with E-state index in [1.54, 1.807) is 25.3 Å². The molecule has 1 heterocycles. The Morgan fingerprint density at radius 2 is 1.81 bits per heavy atom. The molecule has 0 aliphatic carbocycles. The second-order valence-electron chi connectivity index (χ2n) is 6.89. The van der Waals surface area contributed by atoms with Gasteiger partial charge in [0, 0.05) is 12.6 Å². The first-order valence-corrected chi connectivity index (χ1v) is 10.6. The van der Waals surface area contributed by atoms with Crippen LogP contribution in [0.3, 0.4) is 0 Å². The van der Waals surface area contributed by atoms with Gasteiger partial charge in [0.05, 0.1) is 17.7 Å². The number of hydrogen-bond donors (Lipinski definition) is 2. The molecule has 7 heteroatoms. The smallest absolute Gasteiger partial charge is 0.240 e. The number of methoxy groups -OCH3 is 1. The van der Waals surface area contributed by atoms with E-state index >= 15 is 0 Å². The molecule has 1 aliphatic heterocycles. The lowest BCUT2D eigenvalue weighted by Gasteiger charge is -2.30. The summed E-state index contributed by atoms with van der Waals surface area (Å²) in [7, 11) is 0.0984. The summed E-state index contributed by atoms with van der Waals surface area (Å²) in [6.07, 6.45) is 2.03. The lowest BCUT2D eigenvalue weighted by atomic mass is 10.1. The fraction of sp³-hybridized carbons (Fsp3) is 0.400. The van der Waals surface area contributed by atoms with Gasteiger partial charge in [-0.1, -0.05) is 30.3 Å². The van der Waals surface area contributed by atoms with Crippen LogP contribution in [0, 0.1) is 0 Å². The third-order valence-corrected chi connectivity index (χ3v) is 6.27. The highest BCUT2D eigenvalue weighted by molar-refractivity contribution is 7.89. The van der Waals surface area contributed by atoms with Crippen LogP contribution in [0.25, 0.3) is 0 Å². The molecule has 0 atom stereocenters. The maximum absolute atomic E-state index is 12.7. The van der Waals surface area contributed by atoms with Crippen molar-refractivity contribution in [2.45, 2.75) is 30.3 Å². The summed E-state index contributed by atoms with van der Waals surface area (Å²) >= 11 is 0. The van der Waals surface area contributed by atoms with Crippen molar-refractivity contribution in [3.63, 3.8) is 0 Å². The second kappa shape index (κ2) is 8.73. The minimum absolute atomic E-state index is 0.231. The van der Waals surface area contributed by atoms with E-state index in [9.17, 15) is 8.42 Å². The molecule has 1 aliphatic rings. The summed E-state index contributed by atoms with van der Waals surface area (Å²) in [6.45, 7) is 2.31. The average Bonchev–Trinajstić information content (AvgIpc) is 2.69. The second-order valence-corrected chi connectivity index (χ2v) is 8.66. The third kappa shape index (κ3) is 5.22. The van der Waals surface area contributed by atoms with Gasteiger partial charge in [0.25, 0.3) is 0 Å². The zero-order chi connectivity index (χ0) is 19.3. The topological polar surface area (TPSA) is 70.7 Å². The number of anilines is 1. The van der Waals surface area contributed by atoms with E-state index in [2.05, 4.69) is 22.0 Å². The monoisotopic (exact) mass is 389 g/mol. The van der Waals surface area contributed by atoms with Crippen LogP contribution in [0.15, 0.2) is 53.4 Å². The summed E-state index contributed by atoms with van der Waals surface area (Å²) in [6, 6.07) is 14.7. The fourth-order valence-electron chi connectivity index (χ4n) is 3.20. The number of ether oxygens (including phenoxy) is 1. The van der Waals surface area contributed by atoms with Crippen molar-refractivity contribution in [3.05, 3.63) is 54.1 Å². The Morgan fingerprint density at radius 1 is 1.11 bits per heavy atom. The van der Waals surface area contributed by atoms with Crippen LogP contribution in [-0.4, -0.2) is 46.6 Å². The van der Waals surface area contributed by atoms with Crippen LogP contribution in [0.1, 0.15) is 18.4 Å². The van der Waals surface area contributed by atoms with E-state index < -0.39 is 10.0 Å². The summed E-state index contributed by atoms with van der Waals surface area (Å²) < 4.78 is 33.5. The number of likely N-dealkylation sites (tertiary alicyclic amines) is 1. The van der Waals surface area contributed by atoms with Gasteiger partial charge in [-0.05, 0) is 56.7 Å². The largest absolute Gasteiger partial charge is 0.495 e. The van der Waals surface area contributed by atoms with Gasteiger partial charge in [0.2, 0.25) is 10.0 Å². The van der Waals surface area contributed by atoms with Crippen molar-refractivity contribution in [3.8, 4) is 5.75 Å². The molecule has 0 radical (unpaired) electrons. The molecule has 0 amide bonds. The van der Waals surface area contributed by atoms with Crippen LogP contribution in [0.2, 0.25) is 0 Å². The highest BCUT2D eigenvalue weighted by Crippen LogP contribution is 2.29. The molecule has 0 saturated carbocycles. The number of piperidine rings is 1. The van der Waals surface area contributed by atoms with Gasteiger partial charge in [-0.3, -0.25) is 0 Å². The van der Waals surface area contributed by atoms with Gasteiger partial charge < -0.3 is 15.0 Å². The van der Waals surface area contributed by atoms with Gasteiger partial charge in [-0.2, -0.15) is 0 Å². The number of hydrogen-bond acceptors (Lipinski definition) is 5. The van der Waals surface area contributed by atoms with Gasteiger partial charge in [-0.25, -0.2) is 13.1 Å². The molecule has 1 saturated heterocycles. The van der Waals surface area contributed by atoms with Crippen molar-refractivity contribution in [1.29, 1.82) is 0 Å². The molecule has 2 N–H and O–H groups in total. The van der Waals surface area contributed by atoms with Crippen LogP contribution in [0.4, 0.5) is 5.69 Å². The number of nitrogens with zero attached hydrogens (tertiary/aromatic N) is 1. The van der Waals surface area contributed by atoms with Crippen LogP contribution in [0.5, 0.6) is 5.75 Å². The summed E-state index contributed by atoms with van der Waals surface area (Å²) in [5, 5.41) is 3.46.